The molecule has 7 nitrogen and oxygen atoms in total. The van der Waals surface area contributed by atoms with Crippen LogP contribution in [-0.2, 0) is 19.2 Å². The van der Waals surface area contributed by atoms with Crippen LogP contribution in [0.4, 0.5) is 0 Å². The molecule has 2 aliphatic rings. The lowest BCUT2D eigenvalue weighted by Gasteiger charge is -2.40. The fourth-order valence-corrected chi connectivity index (χ4v) is 2.82. The number of carbonyl (C=O) groups excluding carboxylic acids is 2. The molecule has 4 atom stereocenters. The molecule has 0 radical (unpaired) electrons. The monoisotopic (exact) mass is 307 g/mol. The van der Waals surface area contributed by atoms with Gasteiger partial charge in [0.25, 0.3) is 0 Å². The summed E-state index contributed by atoms with van der Waals surface area (Å²) >= 11 is 0. The minimum atomic E-state index is -1.94. The molecule has 2 aliphatic heterocycles. The van der Waals surface area contributed by atoms with Crippen molar-refractivity contribution in [2.24, 2.45) is 0 Å². The van der Waals surface area contributed by atoms with Crippen molar-refractivity contribution in [1.29, 1.82) is 0 Å². The summed E-state index contributed by atoms with van der Waals surface area (Å²) in [6.07, 6.45) is -3.18. The highest BCUT2D eigenvalue weighted by molar-refractivity contribution is 5.85. The average Bonchev–Trinajstić information content (AvgIpc) is 2.54. The van der Waals surface area contributed by atoms with Gasteiger partial charge in [-0.2, -0.15) is 0 Å². The van der Waals surface area contributed by atoms with Crippen molar-refractivity contribution in [3.63, 3.8) is 0 Å². The molecule has 3 unspecified atom stereocenters. The summed E-state index contributed by atoms with van der Waals surface area (Å²) in [4.78, 5) is 28.7. The number of ether oxygens (including phenoxy) is 1. The summed E-state index contributed by atoms with van der Waals surface area (Å²) in [6, 6.07) is 9.46. The molecular weight excluding hydrogens is 290 g/mol. The van der Waals surface area contributed by atoms with Crippen molar-refractivity contribution in [2.75, 3.05) is 6.54 Å². The minimum absolute atomic E-state index is 0.172. The third-order valence-corrected chi connectivity index (χ3v) is 3.98. The molecule has 2 N–H and O–H groups in total. The van der Waals surface area contributed by atoms with E-state index in [1.54, 1.807) is 0 Å². The third kappa shape index (κ3) is 2.70. The first-order valence-electron chi connectivity index (χ1n) is 7.18. The van der Waals surface area contributed by atoms with E-state index >= 15 is 0 Å². The molecule has 0 aliphatic carbocycles. The van der Waals surface area contributed by atoms with Crippen LogP contribution in [0.15, 0.2) is 30.3 Å². The Kier molecular flexibility index (Phi) is 4.10. The average molecular weight is 307 g/mol. The van der Waals surface area contributed by atoms with E-state index in [4.69, 9.17) is 9.57 Å². The Balaban J connectivity index is 1.90. The molecule has 1 aromatic carbocycles. The number of fused-ring (bicyclic) bond motifs is 1. The third-order valence-electron chi connectivity index (χ3n) is 3.98. The van der Waals surface area contributed by atoms with Crippen molar-refractivity contribution in [2.45, 2.75) is 37.2 Å². The van der Waals surface area contributed by atoms with Crippen molar-refractivity contribution in [3.05, 3.63) is 35.9 Å². The van der Waals surface area contributed by atoms with Crippen LogP contribution in [0.5, 0.6) is 0 Å². The first-order valence-corrected chi connectivity index (χ1v) is 7.18. The molecule has 7 heteroatoms. The molecule has 1 aromatic rings. The van der Waals surface area contributed by atoms with E-state index in [0.717, 1.165) is 18.4 Å². The van der Waals surface area contributed by atoms with Gasteiger partial charge in [0.2, 0.25) is 0 Å². The Morgan fingerprint density at radius 1 is 1.05 bits per heavy atom. The minimum Gasteiger partial charge on any atom is -0.441 e. The highest BCUT2D eigenvalue weighted by Crippen LogP contribution is 2.34. The van der Waals surface area contributed by atoms with Crippen molar-refractivity contribution < 1.29 is 29.4 Å². The standard InChI is InChI=1S/C15H17NO6/c17-11-12(18)15(20)22-16-8-4-7-10(13(16)21-14(11)19)9-5-2-1-3-6-9/h1-3,5-6,10-13,17-18H,4,7-8H2/t10-,11?,12?,13?/m0/s1. The number of aliphatic hydroxyl groups is 2. The van der Waals surface area contributed by atoms with Crippen LogP contribution in [0.25, 0.3) is 0 Å². The van der Waals surface area contributed by atoms with Gasteiger partial charge in [0.15, 0.2) is 18.4 Å². The van der Waals surface area contributed by atoms with Gasteiger partial charge >= 0.3 is 11.9 Å². The molecule has 0 saturated carbocycles. The zero-order valence-electron chi connectivity index (χ0n) is 11.8. The van der Waals surface area contributed by atoms with Crippen LogP contribution < -0.4 is 0 Å². The zero-order valence-corrected chi connectivity index (χ0v) is 11.8. The van der Waals surface area contributed by atoms with E-state index in [2.05, 4.69) is 0 Å². The predicted molar refractivity (Wildman–Crippen MR) is 73.1 cm³/mol. The van der Waals surface area contributed by atoms with Gasteiger partial charge in [-0.15, -0.1) is 0 Å². The summed E-state index contributed by atoms with van der Waals surface area (Å²) in [5, 5.41) is 20.4. The molecule has 118 valence electrons. The van der Waals surface area contributed by atoms with E-state index < -0.39 is 30.4 Å². The first-order chi connectivity index (χ1) is 10.6. The van der Waals surface area contributed by atoms with Crippen LogP contribution in [-0.4, -0.2) is 52.2 Å². The SMILES string of the molecule is O=C1OC2[C@H](c3ccccc3)CCCN2OC(=O)C(O)C1O. The molecule has 2 saturated heterocycles. The van der Waals surface area contributed by atoms with Gasteiger partial charge in [0.1, 0.15) is 0 Å². The van der Waals surface area contributed by atoms with Gasteiger partial charge in [0, 0.05) is 12.5 Å². The number of carbonyl (C=O) groups is 2. The molecule has 0 spiro atoms. The number of hydroxylamine groups is 2. The van der Waals surface area contributed by atoms with E-state index in [9.17, 15) is 19.8 Å². The summed E-state index contributed by atoms with van der Waals surface area (Å²) in [5.41, 5.74) is 0.955. The summed E-state index contributed by atoms with van der Waals surface area (Å²) in [7, 11) is 0. The zero-order chi connectivity index (χ0) is 15.7. The van der Waals surface area contributed by atoms with Gasteiger partial charge in [0.05, 0.1) is 0 Å². The highest BCUT2D eigenvalue weighted by Gasteiger charge is 2.45. The molecule has 0 bridgehead atoms. The van der Waals surface area contributed by atoms with Gasteiger partial charge in [-0.3, -0.25) is 0 Å². The quantitative estimate of drug-likeness (QED) is 0.701. The van der Waals surface area contributed by atoms with Gasteiger partial charge < -0.3 is 19.8 Å². The Morgan fingerprint density at radius 2 is 1.73 bits per heavy atom. The number of benzene rings is 1. The number of esters is 1. The predicted octanol–water partition coefficient (Wildman–Crippen LogP) is -0.0711. The van der Waals surface area contributed by atoms with Gasteiger partial charge in [-0.25, -0.2) is 9.59 Å². The Labute approximate surface area is 127 Å². The number of piperidine rings is 1. The number of aliphatic hydroxyl groups excluding tert-OH is 2. The lowest BCUT2D eigenvalue weighted by molar-refractivity contribution is -0.274. The summed E-state index contributed by atoms with van der Waals surface area (Å²) < 4.78 is 5.29. The molecular formula is C15H17NO6. The van der Waals surface area contributed by atoms with Crippen molar-refractivity contribution in [1.82, 2.24) is 5.06 Å². The normalized spacial score (nSPS) is 33.2. The van der Waals surface area contributed by atoms with Crippen molar-refractivity contribution >= 4 is 11.9 Å². The number of hydrogen-bond acceptors (Lipinski definition) is 7. The van der Waals surface area contributed by atoms with Crippen LogP contribution >= 0.6 is 0 Å². The Hall–Kier alpha value is -1.96. The number of nitrogens with zero attached hydrogens (tertiary/aromatic N) is 1. The Morgan fingerprint density at radius 3 is 2.45 bits per heavy atom. The van der Waals surface area contributed by atoms with Crippen LogP contribution in [0.3, 0.4) is 0 Å². The second-order valence-electron chi connectivity index (χ2n) is 5.43. The molecule has 0 amide bonds. The fourth-order valence-electron chi connectivity index (χ4n) is 2.82. The van der Waals surface area contributed by atoms with Gasteiger partial charge in [-0.1, -0.05) is 35.4 Å². The van der Waals surface area contributed by atoms with E-state index in [0.29, 0.717) is 6.54 Å². The largest absolute Gasteiger partial charge is 0.441 e. The number of hydrogen-bond donors (Lipinski definition) is 2. The maximum Gasteiger partial charge on any atom is 0.357 e. The molecule has 2 fully saturated rings. The van der Waals surface area contributed by atoms with Crippen LogP contribution in [0, 0.1) is 0 Å². The highest BCUT2D eigenvalue weighted by atomic mass is 16.8. The lowest BCUT2D eigenvalue weighted by atomic mass is 9.89. The Bertz CT molecular complexity index is 562. The fraction of sp³-hybridized carbons (Fsp3) is 0.467. The van der Waals surface area contributed by atoms with E-state index in [1.165, 1.54) is 5.06 Å². The second kappa shape index (κ2) is 6.04. The van der Waals surface area contributed by atoms with Crippen LogP contribution in [0.2, 0.25) is 0 Å². The van der Waals surface area contributed by atoms with E-state index in [1.807, 2.05) is 30.3 Å². The number of rotatable bonds is 1. The van der Waals surface area contributed by atoms with Gasteiger partial charge in [-0.05, 0) is 18.4 Å². The lowest BCUT2D eigenvalue weighted by Crippen LogP contribution is -2.55. The molecule has 3 rings (SSSR count). The summed E-state index contributed by atoms with van der Waals surface area (Å²) in [6.45, 7) is 0.399. The maximum atomic E-state index is 11.9. The molecule has 2 heterocycles. The summed E-state index contributed by atoms with van der Waals surface area (Å²) in [5.74, 6) is -2.25. The maximum absolute atomic E-state index is 11.9. The molecule has 22 heavy (non-hydrogen) atoms. The van der Waals surface area contributed by atoms with Crippen molar-refractivity contribution in [3.8, 4) is 0 Å². The van der Waals surface area contributed by atoms with E-state index in [-0.39, 0.29) is 5.92 Å². The molecule has 0 aromatic heterocycles. The first kappa shape index (κ1) is 15.0. The topological polar surface area (TPSA) is 96.3 Å². The van der Waals surface area contributed by atoms with Crippen LogP contribution in [0.1, 0.15) is 24.3 Å². The smallest absolute Gasteiger partial charge is 0.357 e. The second-order valence-corrected chi connectivity index (χ2v) is 5.43.